The van der Waals surface area contributed by atoms with Gasteiger partial charge >= 0.3 is 134 Å². The van der Waals surface area contributed by atoms with Crippen molar-refractivity contribution in [3.05, 3.63) is 44.1 Å². The van der Waals surface area contributed by atoms with Gasteiger partial charge in [0.2, 0.25) is 0 Å². The Morgan fingerprint density at radius 1 is 0.750 bits per heavy atom. The van der Waals surface area contributed by atoms with Gasteiger partial charge in [0.05, 0.1) is 0 Å². The molecule has 2 bridgehead atoms. The predicted molar refractivity (Wildman–Crippen MR) is 139 cm³/mol. The molecule has 0 aliphatic carbocycles. The normalized spacial score (nSPS) is 24.2. The van der Waals surface area contributed by atoms with Crippen molar-refractivity contribution in [3.63, 3.8) is 0 Å². The van der Waals surface area contributed by atoms with Crippen molar-refractivity contribution in [2.75, 3.05) is 0 Å². The van der Waals surface area contributed by atoms with Crippen LogP contribution < -0.4 is 0 Å². The monoisotopic (exact) mass is 536 g/mol. The number of allylic oxidation sites excluding steroid dienone is 7. The summed E-state index contributed by atoms with van der Waals surface area (Å²) in [5.41, 5.74) is 0.761. The van der Waals surface area contributed by atoms with Gasteiger partial charge < -0.3 is 0 Å². The maximum Gasteiger partial charge on any atom is 0.0379 e. The molecule has 4 radical (unpaired) electrons. The van der Waals surface area contributed by atoms with Crippen LogP contribution in [0.4, 0.5) is 0 Å². The first-order valence-electron chi connectivity index (χ1n) is 10.7. The van der Waals surface area contributed by atoms with Crippen LogP contribution in [0, 0.1) is 10.8 Å². The van der Waals surface area contributed by atoms with Crippen LogP contribution in [0.2, 0.25) is 47.6 Å². The largest absolute Gasteiger partial charge is 0.0715 e. The average molecular weight is 534 g/mol. The van der Waals surface area contributed by atoms with E-state index in [9.17, 15) is 0 Å². The van der Waals surface area contributed by atoms with E-state index in [1.165, 1.54) is 0 Å². The summed E-state index contributed by atoms with van der Waals surface area (Å²) in [7, 11) is 0.241. The van der Waals surface area contributed by atoms with Crippen molar-refractivity contribution in [1.82, 2.24) is 0 Å². The van der Waals surface area contributed by atoms with Crippen LogP contribution in [-0.2, 0) is 0 Å². The molecule has 28 heavy (non-hydrogen) atoms. The molecule has 0 saturated heterocycles. The molecule has 0 saturated carbocycles. The summed E-state index contributed by atoms with van der Waals surface area (Å²) in [5.74, 6) is 0. The van der Waals surface area contributed by atoms with Gasteiger partial charge in [0.25, 0.3) is 0 Å². The van der Waals surface area contributed by atoms with Crippen molar-refractivity contribution in [3.8, 4) is 0 Å². The molecule has 0 fully saturated rings. The van der Waals surface area contributed by atoms with E-state index in [0.29, 0.717) is 10.8 Å². The third-order valence-corrected chi connectivity index (χ3v) is 24.9. The molecule has 2 atom stereocenters. The van der Waals surface area contributed by atoms with E-state index in [1.807, 2.05) is 8.81 Å². The molecule has 0 spiro atoms. The SMILES string of the molecule is CC(C)(C)[C]1=C[CH]2C=[CH][Ge]1[CH]1C=CC=[C](C(C)(C)C)[Ge]21.C[Si](C)C.C[Si](C)C. The molecule has 4 aliphatic heterocycles. The second-order valence-corrected chi connectivity index (χ2v) is 30.7. The Kier molecular flexibility index (Phi) is 10.1. The van der Waals surface area contributed by atoms with Gasteiger partial charge in [-0.15, -0.1) is 0 Å². The summed E-state index contributed by atoms with van der Waals surface area (Å²) in [4.78, 5) is 2.68. The average Bonchev–Trinajstić information content (AvgIpc) is 2.52. The fourth-order valence-corrected chi connectivity index (χ4v) is 28.7. The van der Waals surface area contributed by atoms with Gasteiger partial charge in [-0.3, -0.25) is 0 Å². The van der Waals surface area contributed by atoms with Crippen LogP contribution in [0.1, 0.15) is 41.5 Å². The summed E-state index contributed by atoms with van der Waals surface area (Å²) in [6.45, 7) is 28.1. The van der Waals surface area contributed by atoms with E-state index < -0.39 is 28.7 Å². The van der Waals surface area contributed by atoms with E-state index in [1.54, 1.807) is 0 Å². The van der Waals surface area contributed by atoms with Crippen LogP contribution in [-0.4, -0.2) is 46.3 Å². The van der Waals surface area contributed by atoms with Crippen LogP contribution in [0.15, 0.2) is 44.1 Å². The fourth-order valence-electron chi connectivity index (χ4n) is 3.75. The van der Waals surface area contributed by atoms with Gasteiger partial charge in [0.1, 0.15) is 0 Å². The van der Waals surface area contributed by atoms with Crippen molar-refractivity contribution in [2.45, 2.75) is 89.2 Å². The minimum Gasteiger partial charge on any atom is -0.0715 e. The molecule has 0 nitrogen and oxygen atoms in total. The standard InChI is InChI=1S/C18H26Ge2.2C3H9Si/c1-17(2,3)14-8-7-9-16-19-11-10-13(20(14)16)12-15(19)18(4,5)6;2*1-4(2)3/h7-13,16H,1-6H3;2*1-3H3. The van der Waals surface area contributed by atoms with Crippen LogP contribution >= 0.6 is 0 Å². The Balaban J connectivity index is 0.000000420. The van der Waals surface area contributed by atoms with E-state index in [2.05, 4.69) is 116 Å². The van der Waals surface area contributed by atoms with Crippen molar-refractivity contribution < 1.29 is 0 Å². The van der Waals surface area contributed by atoms with Gasteiger partial charge in [-0.05, 0) is 0 Å². The molecule has 0 aromatic rings. The second kappa shape index (κ2) is 10.7. The van der Waals surface area contributed by atoms with E-state index in [0.717, 1.165) is 8.33 Å². The number of hydrogen-bond acceptors (Lipinski definition) is 0. The van der Waals surface area contributed by atoms with Gasteiger partial charge in [0.15, 0.2) is 0 Å². The molecule has 0 aromatic carbocycles. The Labute approximate surface area is 189 Å². The van der Waals surface area contributed by atoms with Crippen LogP contribution in [0.3, 0.4) is 0 Å². The smallest absolute Gasteiger partial charge is 0.0379 e. The van der Waals surface area contributed by atoms with Gasteiger partial charge in [-0.1, -0.05) is 39.3 Å². The molecule has 2 unspecified atom stereocenters. The minimum atomic E-state index is -1.22. The van der Waals surface area contributed by atoms with Crippen LogP contribution in [0.25, 0.3) is 0 Å². The first-order valence-corrected chi connectivity index (χ1v) is 23.7. The van der Waals surface area contributed by atoms with Gasteiger partial charge in [0, 0.05) is 17.6 Å². The first-order chi connectivity index (χ1) is 12.7. The summed E-state index contributed by atoms with van der Waals surface area (Å²) in [5, 5.41) is 0. The third kappa shape index (κ3) is 7.63. The Bertz CT molecular complexity index is 616. The quantitative estimate of drug-likeness (QED) is 0.280. The molecule has 4 heterocycles. The Morgan fingerprint density at radius 2 is 1.21 bits per heavy atom. The molecule has 0 aromatic heterocycles. The third-order valence-electron chi connectivity index (χ3n) is 4.66. The van der Waals surface area contributed by atoms with E-state index >= 15 is 0 Å². The Hall–Kier alpha value is 0.479. The Morgan fingerprint density at radius 3 is 1.64 bits per heavy atom. The minimum absolute atomic E-state index is 0.120. The van der Waals surface area contributed by atoms with Crippen molar-refractivity contribution in [1.29, 1.82) is 0 Å². The molecule has 4 rings (SSSR count). The predicted octanol–water partition coefficient (Wildman–Crippen LogP) is 7.71. The van der Waals surface area contributed by atoms with Crippen LogP contribution in [0.5, 0.6) is 0 Å². The molecule has 156 valence electrons. The van der Waals surface area contributed by atoms with E-state index in [-0.39, 0.29) is 17.6 Å². The molecular weight excluding hydrogens is 490 g/mol. The molecular formula is C24H44Ge2Si2. The molecule has 4 heteroatoms. The second-order valence-electron chi connectivity index (χ2n) is 11.3. The topological polar surface area (TPSA) is 0 Å². The maximum absolute atomic E-state index is 2.72. The van der Waals surface area contributed by atoms with E-state index in [4.69, 9.17) is 0 Å². The molecule has 0 N–H and O–H groups in total. The zero-order valence-electron chi connectivity index (χ0n) is 20.6. The van der Waals surface area contributed by atoms with Crippen molar-refractivity contribution in [2.24, 2.45) is 10.8 Å². The van der Waals surface area contributed by atoms with Crippen molar-refractivity contribution >= 4 is 46.3 Å². The maximum atomic E-state index is 2.72. The number of hydrogen-bond donors (Lipinski definition) is 0. The summed E-state index contributed by atoms with van der Waals surface area (Å²) < 4.78 is 5.50. The summed E-state index contributed by atoms with van der Waals surface area (Å²) >= 11 is -2.41. The summed E-state index contributed by atoms with van der Waals surface area (Å²) in [6.07, 6.45) is 12.8. The van der Waals surface area contributed by atoms with Gasteiger partial charge in [-0.25, -0.2) is 0 Å². The van der Waals surface area contributed by atoms with Gasteiger partial charge in [-0.2, -0.15) is 0 Å². The molecule has 0 amide bonds. The first kappa shape index (κ1) is 26.5. The zero-order chi connectivity index (χ0) is 21.9. The zero-order valence-corrected chi connectivity index (χ0v) is 26.8. The molecule has 4 aliphatic rings. The number of rotatable bonds is 0. The fraction of sp³-hybridized carbons (Fsp3) is 0.667. The summed E-state index contributed by atoms with van der Waals surface area (Å²) in [6, 6.07) is 0.